The molecule has 0 aliphatic carbocycles. The lowest BCUT2D eigenvalue weighted by Gasteiger charge is -2.30. The van der Waals surface area contributed by atoms with Crippen molar-refractivity contribution >= 4 is 29.9 Å². The summed E-state index contributed by atoms with van der Waals surface area (Å²) >= 11 is 0. The van der Waals surface area contributed by atoms with Crippen molar-refractivity contribution < 1.29 is 9.47 Å². The van der Waals surface area contributed by atoms with E-state index in [2.05, 4.69) is 54.6 Å². The van der Waals surface area contributed by atoms with E-state index in [9.17, 15) is 0 Å². The molecule has 1 aromatic carbocycles. The third kappa shape index (κ3) is 8.23. The molecule has 2 fully saturated rings. The molecule has 0 bridgehead atoms. The van der Waals surface area contributed by atoms with Crippen molar-refractivity contribution in [2.45, 2.75) is 52.2 Å². The lowest BCUT2D eigenvalue weighted by atomic mass is 9.99. The maximum Gasteiger partial charge on any atom is 0.191 e. The predicted molar refractivity (Wildman–Crippen MR) is 134 cm³/mol. The highest BCUT2D eigenvalue weighted by atomic mass is 127. The van der Waals surface area contributed by atoms with E-state index in [0.717, 1.165) is 56.4 Å². The van der Waals surface area contributed by atoms with Gasteiger partial charge in [0.25, 0.3) is 0 Å². The minimum absolute atomic E-state index is 0. The Morgan fingerprint density at radius 3 is 2.87 bits per heavy atom. The summed E-state index contributed by atoms with van der Waals surface area (Å²) in [6.07, 6.45) is 5.01. The molecule has 170 valence electrons. The van der Waals surface area contributed by atoms with Gasteiger partial charge in [-0.15, -0.1) is 24.0 Å². The number of hydrogen-bond donors (Lipinski definition) is 2. The van der Waals surface area contributed by atoms with Crippen LogP contribution in [0.2, 0.25) is 0 Å². The Balaban J connectivity index is 0.00000320. The van der Waals surface area contributed by atoms with Gasteiger partial charge in [-0.2, -0.15) is 0 Å². The average molecular weight is 530 g/mol. The van der Waals surface area contributed by atoms with Crippen LogP contribution in [0.1, 0.15) is 43.7 Å². The topological polar surface area (TPSA) is 58.1 Å². The van der Waals surface area contributed by atoms with E-state index in [1.54, 1.807) is 0 Å². The van der Waals surface area contributed by atoms with Gasteiger partial charge in [0.2, 0.25) is 0 Å². The second-order valence-electron chi connectivity index (χ2n) is 8.40. The molecule has 2 heterocycles. The highest BCUT2D eigenvalue weighted by Crippen LogP contribution is 2.23. The Morgan fingerprint density at radius 1 is 1.27 bits per heavy atom. The van der Waals surface area contributed by atoms with Crippen molar-refractivity contribution in [2.24, 2.45) is 10.9 Å². The van der Waals surface area contributed by atoms with Gasteiger partial charge in [0.15, 0.2) is 5.96 Å². The number of nitrogens with one attached hydrogen (secondary N) is 2. The van der Waals surface area contributed by atoms with Gasteiger partial charge < -0.3 is 25.0 Å². The molecule has 0 amide bonds. The zero-order valence-electron chi connectivity index (χ0n) is 18.8. The SMILES string of the molecule is CCNC(=NCc1ccc(C)cc1OCC1CCCO1)NCC1CCCN(C)C1.I. The molecule has 0 spiro atoms. The van der Waals surface area contributed by atoms with E-state index >= 15 is 0 Å². The lowest BCUT2D eigenvalue weighted by Crippen LogP contribution is -2.43. The van der Waals surface area contributed by atoms with Crippen LogP contribution >= 0.6 is 24.0 Å². The van der Waals surface area contributed by atoms with Gasteiger partial charge in [-0.3, -0.25) is 0 Å². The van der Waals surface area contributed by atoms with E-state index in [4.69, 9.17) is 14.5 Å². The highest BCUT2D eigenvalue weighted by molar-refractivity contribution is 14.0. The molecule has 2 atom stereocenters. The van der Waals surface area contributed by atoms with Gasteiger partial charge in [-0.25, -0.2) is 4.99 Å². The number of aliphatic imine (C=N–C) groups is 1. The Hall–Kier alpha value is -1.06. The van der Waals surface area contributed by atoms with Crippen LogP contribution in [0.25, 0.3) is 0 Å². The normalized spacial score (nSPS) is 22.4. The molecule has 0 saturated carbocycles. The van der Waals surface area contributed by atoms with E-state index < -0.39 is 0 Å². The van der Waals surface area contributed by atoms with Gasteiger partial charge in [0, 0.05) is 31.8 Å². The Bertz CT molecular complexity index is 665. The Labute approximate surface area is 199 Å². The van der Waals surface area contributed by atoms with Crippen molar-refractivity contribution in [3.63, 3.8) is 0 Å². The standard InChI is InChI=1S/C23H38N4O2.HI/c1-4-24-23(25-14-19-7-5-11-27(3)16-19)26-15-20-10-9-18(2)13-22(20)29-17-21-8-6-12-28-21;/h9-10,13,19,21H,4-8,11-12,14-17H2,1-3H3,(H2,24,25,26);1H. The minimum atomic E-state index is 0. The number of guanidine groups is 1. The first-order valence-electron chi connectivity index (χ1n) is 11.2. The molecule has 2 N–H and O–H groups in total. The Morgan fingerprint density at radius 2 is 2.13 bits per heavy atom. The summed E-state index contributed by atoms with van der Waals surface area (Å²) in [7, 11) is 2.21. The third-order valence-corrected chi connectivity index (χ3v) is 5.70. The van der Waals surface area contributed by atoms with Crippen molar-refractivity contribution in [1.82, 2.24) is 15.5 Å². The maximum atomic E-state index is 6.12. The molecule has 7 heteroatoms. The van der Waals surface area contributed by atoms with E-state index in [1.165, 1.54) is 24.9 Å². The fourth-order valence-electron chi connectivity index (χ4n) is 4.07. The zero-order chi connectivity index (χ0) is 20.5. The number of likely N-dealkylation sites (tertiary alicyclic amines) is 1. The second-order valence-corrected chi connectivity index (χ2v) is 8.40. The van der Waals surface area contributed by atoms with Gasteiger partial charge in [0.05, 0.1) is 12.6 Å². The van der Waals surface area contributed by atoms with E-state index in [1.807, 2.05) is 0 Å². The van der Waals surface area contributed by atoms with Crippen LogP contribution in [-0.2, 0) is 11.3 Å². The number of halogens is 1. The highest BCUT2D eigenvalue weighted by Gasteiger charge is 2.18. The molecule has 6 nitrogen and oxygen atoms in total. The molecule has 2 aliphatic heterocycles. The van der Waals surface area contributed by atoms with Crippen molar-refractivity contribution in [2.75, 3.05) is 46.4 Å². The number of benzene rings is 1. The number of nitrogens with zero attached hydrogens (tertiary/aromatic N) is 2. The first-order chi connectivity index (χ1) is 14.1. The molecule has 3 rings (SSSR count). The molecular weight excluding hydrogens is 491 g/mol. The average Bonchev–Trinajstić information content (AvgIpc) is 3.23. The van der Waals surface area contributed by atoms with Crippen LogP contribution in [0, 0.1) is 12.8 Å². The van der Waals surface area contributed by atoms with Crippen LogP contribution in [0.15, 0.2) is 23.2 Å². The minimum Gasteiger partial charge on any atom is -0.491 e. The number of rotatable bonds is 8. The van der Waals surface area contributed by atoms with Crippen molar-refractivity contribution in [3.05, 3.63) is 29.3 Å². The zero-order valence-corrected chi connectivity index (χ0v) is 21.1. The summed E-state index contributed by atoms with van der Waals surface area (Å²) in [4.78, 5) is 7.25. The Kier molecular flexibility index (Phi) is 11.2. The lowest BCUT2D eigenvalue weighted by molar-refractivity contribution is 0.0676. The van der Waals surface area contributed by atoms with Gasteiger partial charge in [-0.05, 0) is 70.7 Å². The van der Waals surface area contributed by atoms with Crippen molar-refractivity contribution in [3.8, 4) is 5.75 Å². The smallest absolute Gasteiger partial charge is 0.191 e. The van der Waals surface area contributed by atoms with Crippen LogP contribution < -0.4 is 15.4 Å². The number of aryl methyl sites for hydroxylation is 1. The van der Waals surface area contributed by atoms with Gasteiger partial charge in [-0.1, -0.05) is 12.1 Å². The predicted octanol–water partition coefficient (Wildman–Crippen LogP) is 3.57. The molecule has 2 aliphatic rings. The maximum absolute atomic E-state index is 6.12. The molecule has 0 radical (unpaired) electrons. The summed E-state index contributed by atoms with van der Waals surface area (Å²) in [6, 6.07) is 6.36. The number of piperidine rings is 1. The van der Waals surface area contributed by atoms with Gasteiger partial charge >= 0.3 is 0 Å². The molecule has 30 heavy (non-hydrogen) atoms. The second kappa shape index (κ2) is 13.4. The summed E-state index contributed by atoms with van der Waals surface area (Å²) in [6.45, 7) is 10.5. The first kappa shape index (κ1) is 25.2. The number of ether oxygens (including phenoxy) is 2. The van der Waals surface area contributed by atoms with Crippen molar-refractivity contribution in [1.29, 1.82) is 0 Å². The fourth-order valence-corrected chi connectivity index (χ4v) is 4.07. The largest absolute Gasteiger partial charge is 0.491 e. The van der Waals surface area contributed by atoms with Crippen LogP contribution in [-0.4, -0.2) is 63.4 Å². The molecular formula is C23H39IN4O2. The summed E-state index contributed by atoms with van der Waals surface area (Å²) in [5.74, 6) is 2.49. The van der Waals surface area contributed by atoms with Gasteiger partial charge in [0.1, 0.15) is 12.4 Å². The van der Waals surface area contributed by atoms with E-state index in [0.29, 0.717) is 19.1 Å². The molecule has 2 unspecified atom stereocenters. The number of hydrogen-bond acceptors (Lipinski definition) is 4. The quantitative estimate of drug-likeness (QED) is 0.306. The van der Waals surface area contributed by atoms with E-state index in [-0.39, 0.29) is 30.1 Å². The van der Waals surface area contributed by atoms with Crippen LogP contribution in [0.3, 0.4) is 0 Å². The summed E-state index contributed by atoms with van der Waals surface area (Å²) < 4.78 is 11.8. The summed E-state index contributed by atoms with van der Waals surface area (Å²) in [5.41, 5.74) is 2.31. The molecule has 0 aromatic heterocycles. The van der Waals surface area contributed by atoms with Crippen LogP contribution in [0.5, 0.6) is 5.75 Å². The third-order valence-electron chi connectivity index (χ3n) is 5.70. The molecule has 2 saturated heterocycles. The monoisotopic (exact) mass is 530 g/mol. The fraction of sp³-hybridized carbons (Fsp3) is 0.696. The first-order valence-corrected chi connectivity index (χ1v) is 11.2. The summed E-state index contributed by atoms with van der Waals surface area (Å²) in [5, 5.41) is 6.92. The van der Waals surface area contributed by atoms with Crippen LogP contribution in [0.4, 0.5) is 0 Å². The molecule has 1 aromatic rings.